The second-order valence-corrected chi connectivity index (χ2v) is 7.38. The molecular weight excluding hydrogens is 386 g/mol. The Balaban J connectivity index is 1.67. The van der Waals surface area contributed by atoms with Crippen molar-refractivity contribution < 1.29 is 14.3 Å². The fourth-order valence-electron chi connectivity index (χ4n) is 3.89. The molecule has 31 heavy (non-hydrogen) atoms. The third-order valence-corrected chi connectivity index (χ3v) is 5.32. The molecule has 0 N–H and O–H groups in total. The number of hydrogen-bond acceptors (Lipinski definition) is 3. The lowest BCUT2D eigenvalue weighted by Crippen LogP contribution is -2.43. The third kappa shape index (κ3) is 4.05. The summed E-state index contributed by atoms with van der Waals surface area (Å²) in [4.78, 5) is 28.1. The summed E-state index contributed by atoms with van der Waals surface area (Å²) >= 11 is 0. The van der Waals surface area contributed by atoms with Crippen LogP contribution >= 0.6 is 0 Å². The molecule has 1 aliphatic heterocycles. The van der Waals surface area contributed by atoms with Crippen LogP contribution in [0.4, 0.5) is 5.69 Å². The first-order valence-corrected chi connectivity index (χ1v) is 10.2. The molecule has 1 amide bonds. The van der Waals surface area contributed by atoms with Gasteiger partial charge in [-0.1, -0.05) is 84.9 Å². The fraction of sp³-hybridized carbons (Fsp3) is 0.111. The van der Waals surface area contributed by atoms with Gasteiger partial charge in [-0.05, 0) is 23.3 Å². The lowest BCUT2D eigenvalue weighted by atomic mass is 9.91. The van der Waals surface area contributed by atoms with Crippen molar-refractivity contribution in [2.75, 3.05) is 4.90 Å². The van der Waals surface area contributed by atoms with Gasteiger partial charge < -0.3 is 9.64 Å². The van der Waals surface area contributed by atoms with Crippen LogP contribution in [0.15, 0.2) is 104 Å². The van der Waals surface area contributed by atoms with Crippen LogP contribution in [-0.4, -0.2) is 11.9 Å². The van der Waals surface area contributed by atoms with Gasteiger partial charge in [0.05, 0.1) is 12.2 Å². The van der Waals surface area contributed by atoms with E-state index >= 15 is 0 Å². The van der Waals surface area contributed by atoms with Crippen molar-refractivity contribution >= 4 is 23.6 Å². The maximum absolute atomic E-state index is 13.7. The van der Waals surface area contributed by atoms with Gasteiger partial charge >= 0.3 is 5.97 Å². The predicted molar refractivity (Wildman–Crippen MR) is 122 cm³/mol. The minimum absolute atomic E-state index is 0.194. The molecule has 0 bridgehead atoms. The Morgan fingerprint density at radius 3 is 2.29 bits per heavy atom. The average molecular weight is 409 g/mol. The molecule has 0 saturated carbocycles. The second-order valence-electron chi connectivity index (χ2n) is 7.38. The Morgan fingerprint density at radius 1 is 0.935 bits per heavy atom. The summed E-state index contributed by atoms with van der Waals surface area (Å²) in [5, 5.41) is 0. The van der Waals surface area contributed by atoms with E-state index in [1.54, 1.807) is 17.1 Å². The van der Waals surface area contributed by atoms with Gasteiger partial charge in [0.2, 0.25) is 5.60 Å². The lowest BCUT2D eigenvalue weighted by Gasteiger charge is -2.27. The molecule has 0 spiro atoms. The van der Waals surface area contributed by atoms with E-state index in [-0.39, 0.29) is 12.3 Å². The van der Waals surface area contributed by atoms with Crippen molar-refractivity contribution in [3.05, 3.63) is 120 Å². The molecule has 1 aliphatic rings. The van der Waals surface area contributed by atoms with E-state index in [1.165, 1.54) is 6.08 Å². The van der Waals surface area contributed by atoms with Crippen LogP contribution in [0, 0.1) is 0 Å². The number of nitrogens with zero attached hydrogens (tertiary/aromatic N) is 1. The SMILES string of the molecule is C=CCC1(OC(=O)/C=C/c2ccccc2)C(=O)N(Cc2ccccc2)c2ccccc21. The standard InChI is InChI=1S/C27H23NO3/c1-2-19-27(31-25(29)18-17-21-11-5-3-6-12-21)23-15-9-10-16-24(23)28(26(27)30)20-22-13-7-4-8-14-22/h2-18H,1,19-20H2/b18-17+. The average Bonchev–Trinajstić information content (AvgIpc) is 3.02. The van der Waals surface area contributed by atoms with Gasteiger partial charge in [-0.3, -0.25) is 4.79 Å². The highest BCUT2D eigenvalue weighted by molar-refractivity contribution is 6.08. The van der Waals surface area contributed by atoms with E-state index in [0.29, 0.717) is 12.1 Å². The number of fused-ring (bicyclic) bond motifs is 1. The van der Waals surface area contributed by atoms with Crippen LogP contribution in [0.2, 0.25) is 0 Å². The Hall–Kier alpha value is -3.92. The van der Waals surface area contributed by atoms with Gasteiger partial charge in [0.15, 0.2) is 0 Å². The largest absolute Gasteiger partial charge is 0.440 e. The minimum atomic E-state index is -1.43. The molecule has 1 unspecified atom stereocenters. The van der Waals surface area contributed by atoms with Crippen LogP contribution in [0.1, 0.15) is 23.1 Å². The quantitative estimate of drug-likeness (QED) is 0.304. The highest BCUT2D eigenvalue weighted by atomic mass is 16.6. The molecule has 0 fully saturated rings. The Labute approximate surface area is 182 Å². The number of carbonyl (C=O) groups excluding carboxylic acids is 2. The van der Waals surface area contributed by atoms with Crippen molar-refractivity contribution in [3.8, 4) is 0 Å². The zero-order valence-electron chi connectivity index (χ0n) is 17.1. The van der Waals surface area contributed by atoms with E-state index in [1.807, 2.05) is 84.9 Å². The molecule has 3 aromatic rings. The number of hydrogen-bond donors (Lipinski definition) is 0. The Bertz CT molecular complexity index is 1120. The summed E-state index contributed by atoms with van der Waals surface area (Å²) < 4.78 is 5.88. The molecule has 1 atom stereocenters. The van der Waals surface area contributed by atoms with Gasteiger partial charge in [-0.2, -0.15) is 0 Å². The zero-order valence-corrected chi connectivity index (χ0v) is 17.1. The molecule has 0 radical (unpaired) electrons. The van der Waals surface area contributed by atoms with Crippen molar-refractivity contribution in [3.63, 3.8) is 0 Å². The van der Waals surface area contributed by atoms with Gasteiger partial charge in [-0.25, -0.2) is 4.79 Å². The van der Waals surface area contributed by atoms with Crippen LogP contribution in [0.25, 0.3) is 6.08 Å². The number of ether oxygens (including phenoxy) is 1. The van der Waals surface area contributed by atoms with Crippen LogP contribution in [0.5, 0.6) is 0 Å². The third-order valence-electron chi connectivity index (χ3n) is 5.32. The number of carbonyl (C=O) groups is 2. The summed E-state index contributed by atoms with van der Waals surface area (Å²) in [7, 11) is 0. The zero-order chi connectivity index (χ0) is 21.7. The summed E-state index contributed by atoms with van der Waals surface area (Å²) in [5.74, 6) is -0.839. The number of para-hydroxylation sites is 1. The summed E-state index contributed by atoms with van der Waals surface area (Å²) in [5.41, 5.74) is 1.87. The van der Waals surface area contributed by atoms with Crippen LogP contribution in [0.3, 0.4) is 0 Å². The number of amides is 1. The summed E-state index contributed by atoms with van der Waals surface area (Å²) in [6.45, 7) is 4.20. The molecule has 4 nitrogen and oxygen atoms in total. The van der Waals surface area contributed by atoms with E-state index in [4.69, 9.17) is 4.74 Å². The molecule has 4 rings (SSSR count). The topological polar surface area (TPSA) is 46.6 Å². The highest BCUT2D eigenvalue weighted by Gasteiger charge is 2.53. The number of anilines is 1. The van der Waals surface area contributed by atoms with Gasteiger partial charge in [0.25, 0.3) is 5.91 Å². The van der Waals surface area contributed by atoms with Gasteiger partial charge in [0, 0.05) is 18.1 Å². The van der Waals surface area contributed by atoms with Crippen LogP contribution < -0.4 is 4.90 Å². The van der Waals surface area contributed by atoms with Crippen LogP contribution in [-0.2, 0) is 26.5 Å². The van der Waals surface area contributed by atoms with Gasteiger partial charge in [-0.15, -0.1) is 6.58 Å². The molecular formula is C27H23NO3. The van der Waals surface area contributed by atoms with Crippen molar-refractivity contribution in [1.29, 1.82) is 0 Å². The summed E-state index contributed by atoms with van der Waals surface area (Å²) in [6, 6.07) is 26.7. The predicted octanol–water partition coefficient (Wildman–Crippen LogP) is 5.26. The van der Waals surface area contributed by atoms with Crippen molar-refractivity contribution in [2.45, 2.75) is 18.6 Å². The Kier molecular flexibility index (Phi) is 5.80. The number of esters is 1. The molecule has 0 aromatic heterocycles. The van der Waals surface area contributed by atoms with Crippen molar-refractivity contribution in [1.82, 2.24) is 0 Å². The molecule has 1 heterocycles. The second kappa shape index (κ2) is 8.84. The molecule has 0 aliphatic carbocycles. The lowest BCUT2D eigenvalue weighted by molar-refractivity contribution is -0.162. The van der Waals surface area contributed by atoms with E-state index in [2.05, 4.69) is 6.58 Å². The first-order chi connectivity index (χ1) is 15.1. The monoisotopic (exact) mass is 409 g/mol. The first-order valence-electron chi connectivity index (χ1n) is 10.2. The fourth-order valence-corrected chi connectivity index (χ4v) is 3.89. The highest BCUT2D eigenvalue weighted by Crippen LogP contribution is 2.46. The summed E-state index contributed by atoms with van der Waals surface area (Å²) in [6.07, 6.45) is 4.85. The van der Waals surface area contributed by atoms with Gasteiger partial charge in [0.1, 0.15) is 0 Å². The maximum Gasteiger partial charge on any atom is 0.332 e. The maximum atomic E-state index is 13.7. The first kappa shape index (κ1) is 20.4. The van der Waals surface area contributed by atoms with E-state index < -0.39 is 11.6 Å². The molecule has 154 valence electrons. The van der Waals surface area contributed by atoms with Crippen molar-refractivity contribution in [2.24, 2.45) is 0 Å². The molecule has 0 saturated heterocycles. The Morgan fingerprint density at radius 2 is 1.58 bits per heavy atom. The molecule has 4 heteroatoms. The smallest absolute Gasteiger partial charge is 0.332 e. The van der Waals surface area contributed by atoms with E-state index in [9.17, 15) is 9.59 Å². The molecule has 3 aromatic carbocycles. The minimum Gasteiger partial charge on any atom is -0.440 e. The van der Waals surface area contributed by atoms with E-state index in [0.717, 1.165) is 16.8 Å². The number of rotatable bonds is 7. The number of benzene rings is 3. The normalized spacial score (nSPS) is 17.5.